The van der Waals surface area contributed by atoms with Gasteiger partial charge in [-0.05, 0) is 6.07 Å². The van der Waals surface area contributed by atoms with Crippen molar-refractivity contribution in [1.82, 2.24) is 0 Å². The second-order valence-electron chi connectivity index (χ2n) is 2.68. The zero-order valence-electron chi connectivity index (χ0n) is 8.13. The number of hydrogen-bond donors (Lipinski definition) is 0. The van der Waals surface area contributed by atoms with Crippen molar-refractivity contribution >= 4 is 17.9 Å². The number of ether oxygens (including phenoxy) is 2. The van der Waals surface area contributed by atoms with E-state index in [4.69, 9.17) is 21.1 Å². The number of carbonyl (C=O) groups is 1. The highest BCUT2D eigenvalue weighted by molar-refractivity contribution is 6.31. The molecule has 0 heterocycles. The fourth-order valence-corrected chi connectivity index (χ4v) is 1.34. The minimum absolute atomic E-state index is 0.126. The lowest BCUT2D eigenvalue weighted by Gasteiger charge is -2.11. The minimum atomic E-state index is -0.635. The average molecular weight is 233 g/mol. The highest BCUT2D eigenvalue weighted by atomic mass is 35.5. The summed E-state index contributed by atoms with van der Waals surface area (Å²) in [6.07, 6.45) is 0.585. The fraction of sp³-hybridized carbons (Fsp3) is 0.300. The van der Waals surface area contributed by atoms with Crippen molar-refractivity contribution in [2.75, 3.05) is 20.4 Å². The topological polar surface area (TPSA) is 35.5 Å². The lowest BCUT2D eigenvalue weighted by atomic mass is 10.2. The maximum Gasteiger partial charge on any atom is 0.171 e. The molecule has 0 saturated carbocycles. The van der Waals surface area contributed by atoms with Crippen LogP contribution >= 0.6 is 11.6 Å². The summed E-state index contributed by atoms with van der Waals surface area (Å²) in [7, 11) is 1.42. The highest BCUT2D eigenvalue weighted by Crippen LogP contribution is 2.33. The van der Waals surface area contributed by atoms with E-state index in [2.05, 4.69) is 0 Å². The molecular weight excluding hydrogens is 223 g/mol. The van der Waals surface area contributed by atoms with Crippen molar-refractivity contribution in [2.45, 2.75) is 0 Å². The van der Waals surface area contributed by atoms with Gasteiger partial charge in [-0.25, -0.2) is 4.39 Å². The fourth-order valence-electron chi connectivity index (χ4n) is 1.12. The lowest BCUT2D eigenvalue weighted by molar-refractivity contribution is 0.111. The summed E-state index contributed by atoms with van der Waals surface area (Å²) in [5.74, 6) is 0.535. The number of hydrogen-bond acceptors (Lipinski definition) is 3. The van der Waals surface area contributed by atoms with Crippen molar-refractivity contribution in [1.29, 1.82) is 0 Å². The van der Waals surface area contributed by atoms with E-state index < -0.39 is 6.67 Å². The van der Waals surface area contributed by atoms with Gasteiger partial charge in [0.05, 0.1) is 12.7 Å². The van der Waals surface area contributed by atoms with Crippen molar-refractivity contribution in [2.24, 2.45) is 0 Å². The van der Waals surface area contributed by atoms with Gasteiger partial charge in [0.1, 0.15) is 13.3 Å². The molecule has 0 spiro atoms. The van der Waals surface area contributed by atoms with Gasteiger partial charge < -0.3 is 9.47 Å². The Kier molecular flexibility index (Phi) is 4.37. The Bertz CT molecular complexity index is 355. The van der Waals surface area contributed by atoms with Crippen molar-refractivity contribution in [3.8, 4) is 11.5 Å². The van der Waals surface area contributed by atoms with Crippen LogP contribution in [0.5, 0.6) is 11.5 Å². The van der Waals surface area contributed by atoms with Crippen LogP contribution in [-0.2, 0) is 0 Å². The Hall–Kier alpha value is -1.29. The molecular formula is C10H10ClFO3. The van der Waals surface area contributed by atoms with Gasteiger partial charge in [0.25, 0.3) is 0 Å². The third-order valence-corrected chi connectivity index (χ3v) is 1.94. The van der Waals surface area contributed by atoms with Crippen LogP contribution in [0.2, 0.25) is 5.02 Å². The van der Waals surface area contributed by atoms with E-state index in [1.54, 1.807) is 0 Å². The molecule has 0 aliphatic carbocycles. The van der Waals surface area contributed by atoms with Gasteiger partial charge in [-0.15, -0.1) is 0 Å². The number of methoxy groups -OCH3 is 1. The van der Waals surface area contributed by atoms with E-state index in [-0.39, 0.29) is 17.9 Å². The van der Waals surface area contributed by atoms with E-state index in [0.717, 1.165) is 0 Å². The summed E-state index contributed by atoms with van der Waals surface area (Å²) in [5, 5.41) is 0.363. The van der Waals surface area contributed by atoms with Crippen LogP contribution in [0.1, 0.15) is 10.4 Å². The molecule has 3 nitrogen and oxygen atoms in total. The Balaban J connectivity index is 3.12. The maximum atomic E-state index is 11.9. The zero-order valence-corrected chi connectivity index (χ0v) is 8.88. The summed E-state index contributed by atoms with van der Waals surface area (Å²) < 4.78 is 22.0. The first-order valence-electron chi connectivity index (χ1n) is 4.24. The Morgan fingerprint density at radius 3 is 2.80 bits per heavy atom. The van der Waals surface area contributed by atoms with E-state index in [1.165, 1.54) is 19.2 Å². The number of alkyl halides is 1. The summed E-state index contributed by atoms with van der Waals surface area (Å²) in [6.45, 7) is -0.761. The van der Waals surface area contributed by atoms with Crippen molar-refractivity contribution in [3.05, 3.63) is 22.7 Å². The Morgan fingerprint density at radius 1 is 1.53 bits per heavy atom. The predicted molar refractivity (Wildman–Crippen MR) is 54.9 cm³/mol. The first kappa shape index (κ1) is 11.8. The van der Waals surface area contributed by atoms with E-state index >= 15 is 0 Å². The van der Waals surface area contributed by atoms with Crippen LogP contribution in [-0.4, -0.2) is 26.7 Å². The molecule has 0 aliphatic heterocycles. The molecule has 0 bridgehead atoms. The van der Waals surface area contributed by atoms with Crippen LogP contribution < -0.4 is 9.47 Å². The lowest BCUT2D eigenvalue weighted by Crippen LogP contribution is -2.03. The second-order valence-corrected chi connectivity index (χ2v) is 3.12. The number of aldehydes is 1. The maximum absolute atomic E-state index is 11.9. The summed E-state index contributed by atoms with van der Waals surface area (Å²) in [4.78, 5) is 10.7. The molecule has 82 valence electrons. The van der Waals surface area contributed by atoms with Crippen LogP contribution in [0.15, 0.2) is 12.1 Å². The number of carbonyl (C=O) groups excluding carboxylic acids is 1. The largest absolute Gasteiger partial charge is 0.493 e. The van der Waals surface area contributed by atoms with Crippen LogP contribution in [0, 0.1) is 0 Å². The third-order valence-electron chi connectivity index (χ3n) is 1.72. The molecule has 5 heteroatoms. The number of benzene rings is 1. The van der Waals surface area contributed by atoms with Gasteiger partial charge in [0, 0.05) is 11.1 Å². The molecule has 0 amide bonds. The molecule has 0 aromatic heterocycles. The number of halogens is 2. The number of rotatable bonds is 5. The Morgan fingerprint density at radius 2 is 2.27 bits per heavy atom. The summed E-state index contributed by atoms with van der Waals surface area (Å²) >= 11 is 5.75. The molecule has 0 radical (unpaired) electrons. The molecule has 0 atom stereocenters. The normalized spacial score (nSPS) is 9.80. The molecule has 0 N–H and O–H groups in total. The second kappa shape index (κ2) is 5.56. The molecule has 15 heavy (non-hydrogen) atoms. The summed E-state index contributed by atoms with van der Waals surface area (Å²) in [6, 6.07) is 2.94. The first-order chi connectivity index (χ1) is 7.22. The SMILES string of the molecule is COc1cc(Cl)cc(C=O)c1OCCF. The van der Waals surface area contributed by atoms with E-state index in [1.807, 2.05) is 0 Å². The highest BCUT2D eigenvalue weighted by Gasteiger charge is 2.12. The zero-order chi connectivity index (χ0) is 11.3. The molecule has 0 fully saturated rings. The van der Waals surface area contributed by atoms with Gasteiger partial charge in [-0.2, -0.15) is 0 Å². The average Bonchev–Trinajstić information content (AvgIpc) is 2.26. The summed E-state index contributed by atoms with van der Waals surface area (Å²) in [5.41, 5.74) is 0.243. The quantitative estimate of drug-likeness (QED) is 0.732. The molecule has 1 aromatic carbocycles. The van der Waals surface area contributed by atoms with E-state index in [9.17, 15) is 9.18 Å². The van der Waals surface area contributed by atoms with Crippen molar-refractivity contribution < 1.29 is 18.7 Å². The smallest absolute Gasteiger partial charge is 0.171 e. The first-order valence-corrected chi connectivity index (χ1v) is 4.62. The van der Waals surface area contributed by atoms with Gasteiger partial charge in [-0.3, -0.25) is 4.79 Å². The van der Waals surface area contributed by atoms with Crippen LogP contribution in [0.25, 0.3) is 0 Å². The molecule has 0 aliphatic rings. The van der Waals surface area contributed by atoms with Crippen LogP contribution in [0.3, 0.4) is 0 Å². The third kappa shape index (κ3) is 2.83. The van der Waals surface area contributed by atoms with Crippen molar-refractivity contribution in [3.63, 3.8) is 0 Å². The van der Waals surface area contributed by atoms with Gasteiger partial charge >= 0.3 is 0 Å². The van der Waals surface area contributed by atoms with Gasteiger partial charge in [-0.1, -0.05) is 11.6 Å². The minimum Gasteiger partial charge on any atom is -0.493 e. The van der Waals surface area contributed by atoms with Gasteiger partial charge in [0.15, 0.2) is 17.8 Å². The Labute approximate surface area is 91.7 Å². The molecule has 0 saturated heterocycles. The molecule has 0 unspecified atom stereocenters. The predicted octanol–water partition coefficient (Wildman–Crippen LogP) is 2.51. The molecule has 1 aromatic rings. The van der Waals surface area contributed by atoms with Crippen LogP contribution in [0.4, 0.5) is 4.39 Å². The van der Waals surface area contributed by atoms with Gasteiger partial charge in [0.2, 0.25) is 0 Å². The monoisotopic (exact) mass is 232 g/mol. The standard InChI is InChI=1S/C10H10ClFO3/c1-14-9-5-8(11)4-7(6-13)10(9)15-3-2-12/h4-6H,2-3H2,1H3. The molecule has 1 rings (SSSR count). The van der Waals surface area contributed by atoms with E-state index in [0.29, 0.717) is 17.1 Å².